The Morgan fingerprint density at radius 3 is 2.44 bits per heavy atom. The molecule has 10 nitrogen and oxygen atoms in total. The zero-order valence-corrected chi connectivity index (χ0v) is 20.3. The largest absolute Gasteiger partial charge is 0.368 e. The van der Waals surface area contributed by atoms with Crippen LogP contribution in [0.4, 0.5) is 17.3 Å². The highest BCUT2D eigenvalue weighted by molar-refractivity contribution is 7.90. The van der Waals surface area contributed by atoms with E-state index in [1.807, 2.05) is 35.2 Å². The third-order valence-electron chi connectivity index (χ3n) is 6.15. The molecule has 0 unspecified atom stereocenters. The number of amides is 1. The average Bonchev–Trinajstić information content (AvgIpc) is 3.33. The van der Waals surface area contributed by atoms with Crippen molar-refractivity contribution in [3.05, 3.63) is 72.6 Å². The number of anilines is 3. The van der Waals surface area contributed by atoms with Gasteiger partial charge in [-0.2, -0.15) is 10.2 Å². The summed E-state index contributed by atoms with van der Waals surface area (Å²) in [7, 11) is -4.04. The van der Waals surface area contributed by atoms with E-state index < -0.39 is 10.0 Å². The van der Waals surface area contributed by atoms with Crippen LogP contribution >= 0.6 is 0 Å². The maximum atomic E-state index is 13.3. The van der Waals surface area contributed by atoms with Crippen molar-refractivity contribution in [1.82, 2.24) is 18.8 Å². The van der Waals surface area contributed by atoms with E-state index in [4.69, 9.17) is 0 Å². The first-order chi connectivity index (χ1) is 17.4. The molecule has 0 spiro atoms. The van der Waals surface area contributed by atoms with Crippen molar-refractivity contribution in [1.29, 1.82) is 5.26 Å². The fourth-order valence-corrected chi connectivity index (χ4v) is 5.65. The van der Waals surface area contributed by atoms with Crippen molar-refractivity contribution in [2.75, 3.05) is 36.4 Å². The van der Waals surface area contributed by atoms with E-state index in [0.29, 0.717) is 18.5 Å². The highest BCUT2D eigenvalue weighted by atomic mass is 32.2. The van der Waals surface area contributed by atoms with E-state index in [0.717, 1.165) is 28.4 Å². The minimum absolute atomic E-state index is 0.0644. The van der Waals surface area contributed by atoms with Crippen molar-refractivity contribution in [2.24, 2.45) is 0 Å². The van der Waals surface area contributed by atoms with Crippen LogP contribution < -0.4 is 10.2 Å². The van der Waals surface area contributed by atoms with E-state index in [1.54, 1.807) is 31.3 Å². The zero-order chi connectivity index (χ0) is 25.3. The summed E-state index contributed by atoms with van der Waals surface area (Å²) in [5, 5.41) is 13.0. The summed E-state index contributed by atoms with van der Waals surface area (Å²) in [6.07, 6.45) is 2.96. The molecule has 11 heteroatoms. The molecule has 1 fully saturated rings. The molecular weight excluding hydrogens is 478 g/mol. The van der Waals surface area contributed by atoms with Crippen molar-refractivity contribution >= 4 is 44.3 Å². The summed E-state index contributed by atoms with van der Waals surface area (Å²) in [5.41, 5.74) is 2.07. The maximum Gasteiger partial charge on any atom is 0.270 e. The number of rotatable bonds is 5. The Morgan fingerprint density at radius 2 is 1.75 bits per heavy atom. The molecule has 36 heavy (non-hydrogen) atoms. The average molecular weight is 502 g/mol. The van der Waals surface area contributed by atoms with Crippen molar-refractivity contribution in [2.45, 2.75) is 11.8 Å². The first-order valence-electron chi connectivity index (χ1n) is 11.3. The minimum atomic E-state index is -4.04. The zero-order valence-electron chi connectivity index (χ0n) is 19.5. The van der Waals surface area contributed by atoms with Gasteiger partial charge in [0.05, 0.1) is 5.56 Å². The van der Waals surface area contributed by atoms with Gasteiger partial charge in [-0.05, 0) is 42.5 Å². The highest BCUT2D eigenvalue weighted by Gasteiger charge is 2.23. The van der Waals surface area contributed by atoms with Crippen molar-refractivity contribution < 1.29 is 13.2 Å². The van der Waals surface area contributed by atoms with Crippen LogP contribution in [0, 0.1) is 11.3 Å². The first kappa shape index (κ1) is 23.3. The number of hydrogen-bond donors (Lipinski definition) is 1. The molecule has 0 atom stereocenters. The Morgan fingerprint density at radius 1 is 1.03 bits per heavy atom. The number of nitriles is 1. The predicted octanol–water partition coefficient (Wildman–Crippen LogP) is 2.95. The molecule has 2 aromatic heterocycles. The molecule has 5 rings (SSSR count). The van der Waals surface area contributed by atoms with Gasteiger partial charge in [-0.3, -0.25) is 4.79 Å². The first-order valence-corrected chi connectivity index (χ1v) is 12.8. The van der Waals surface area contributed by atoms with Crippen LogP contribution in [0.25, 0.3) is 11.0 Å². The number of aromatic nitrogens is 3. The second-order valence-electron chi connectivity index (χ2n) is 8.36. The van der Waals surface area contributed by atoms with Gasteiger partial charge in [-0.25, -0.2) is 17.4 Å². The van der Waals surface area contributed by atoms with Gasteiger partial charge in [0.2, 0.25) is 11.9 Å². The number of carbonyl (C=O) groups is 1. The van der Waals surface area contributed by atoms with Gasteiger partial charge < -0.3 is 15.1 Å². The number of hydrogen-bond acceptors (Lipinski definition) is 8. The lowest BCUT2D eigenvalue weighted by atomic mass is 10.2. The summed E-state index contributed by atoms with van der Waals surface area (Å²) in [4.78, 5) is 24.3. The maximum absolute atomic E-state index is 13.3. The van der Waals surface area contributed by atoms with Gasteiger partial charge >= 0.3 is 0 Å². The van der Waals surface area contributed by atoms with E-state index in [2.05, 4.69) is 20.2 Å². The fraction of sp³-hybridized carbons (Fsp3) is 0.200. The minimum Gasteiger partial charge on any atom is -0.368 e. The summed E-state index contributed by atoms with van der Waals surface area (Å²) in [6.45, 7) is 4.53. The van der Waals surface area contributed by atoms with Gasteiger partial charge in [0, 0.05) is 62.3 Å². The predicted molar refractivity (Wildman–Crippen MR) is 135 cm³/mol. The molecule has 1 aliphatic heterocycles. The lowest BCUT2D eigenvalue weighted by Crippen LogP contribution is -2.48. The van der Waals surface area contributed by atoms with Gasteiger partial charge in [0.15, 0.2) is 5.65 Å². The molecule has 1 N–H and O–H groups in total. The molecule has 0 radical (unpaired) electrons. The Hall–Kier alpha value is -4.43. The van der Waals surface area contributed by atoms with Crippen LogP contribution in [-0.4, -0.2) is 59.3 Å². The molecule has 182 valence electrons. The molecule has 0 aliphatic carbocycles. The monoisotopic (exact) mass is 501 g/mol. The Bertz CT molecular complexity index is 1580. The standard InChI is InChI=1S/C25H23N7O3S/c1-18(33)30-12-14-31(15-13-30)22-8-6-21(7-9-22)28-25-27-17-20-10-11-32(24(20)29-25)36(34,35)23-5-3-2-4-19(23)16-26/h2-11,17H,12-15H2,1H3,(H,27,28,29). The van der Waals surface area contributed by atoms with Crippen LogP contribution in [0.2, 0.25) is 0 Å². The molecular formula is C25H23N7O3S. The lowest BCUT2D eigenvalue weighted by molar-refractivity contribution is -0.129. The third kappa shape index (κ3) is 4.34. The normalized spacial score (nSPS) is 14.0. The summed E-state index contributed by atoms with van der Waals surface area (Å²) >= 11 is 0. The smallest absolute Gasteiger partial charge is 0.270 e. The van der Waals surface area contributed by atoms with Gasteiger partial charge in [-0.15, -0.1) is 0 Å². The van der Waals surface area contributed by atoms with E-state index in [1.165, 1.54) is 18.3 Å². The number of fused-ring (bicyclic) bond motifs is 1. The highest BCUT2D eigenvalue weighted by Crippen LogP contribution is 2.25. The number of nitrogens with one attached hydrogen (secondary N) is 1. The Balaban J connectivity index is 1.37. The Kier molecular flexibility index (Phi) is 6.03. The van der Waals surface area contributed by atoms with Crippen molar-refractivity contribution in [3.8, 4) is 6.07 Å². The van der Waals surface area contributed by atoms with Crippen LogP contribution in [-0.2, 0) is 14.8 Å². The number of nitrogens with zero attached hydrogens (tertiary/aromatic N) is 6. The Labute approximate surface area is 208 Å². The van der Waals surface area contributed by atoms with Crippen LogP contribution in [0.15, 0.2) is 71.9 Å². The molecule has 1 amide bonds. The molecule has 3 heterocycles. The summed E-state index contributed by atoms with van der Waals surface area (Å²) < 4.78 is 27.7. The summed E-state index contributed by atoms with van der Waals surface area (Å²) in [6, 6.07) is 17.4. The number of carbonyl (C=O) groups excluding carboxylic acids is 1. The number of benzene rings is 2. The van der Waals surface area contributed by atoms with E-state index in [9.17, 15) is 18.5 Å². The fourth-order valence-electron chi connectivity index (χ4n) is 4.20. The van der Waals surface area contributed by atoms with Gasteiger partial charge in [-0.1, -0.05) is 12.1 Å². The molecule has 1 aliphatic rings. The lowest BCUT2D eigenvalue weighted by Gasteiger charge is -2.35. The van der Waals surface area contributed by atoms with Crippen LogP contribution in [0.5, 0.6) is 0 Å². The molecule has 2 aromatic carbocycles. The molecule has 4 aromatic rings. The topological polar surface area (TPSA) is 124 Å². The van der Waals surface area contributed by atoms with E-state index >= 15 is 0 Å². The second-order valence-corrected chi connectivity index (χ2v) is 10.1. The third-order valence-corrected chi connectivity index (χ3v) is 7.88. The van der Waals surface area contributed by atoms with Gasteiger partial charge in [0.1, 0.15) is 11.0 Å². The SMILES string of the molecule is CC(=O)N1CCN(c2ccc(Nc3ncc4ccn(S(=O)(=O)c5ccccc5C#N)c4n3)cc2)CC1. The second kappa shape index (κ2) is 9.31. The number of piperazine rings is 1. The van der Waals surface area contributed by atoms with Crippen LogP contribution in [0.1, 0.15) is 12.5 Å². The summed E-state index contributed by atoms with van der Waals surface area (Å²) in [5.74, 6) is 0.341. The molecule has 1 saturated heterocycles. The molecule has 0 bridgehead atoms. The molecule has 0 saturated carbocycles. The van der Waals surface area contributed by atoms with Gasteiger partial charge in [0.25, 0.3) is 10.0 Å². The van der Waals surface area contributed by atoms with Crippen LogP contribution in [0.3, 0.4) is 0 Å². The quantitative estimate of drug-likeness (QED) is 0.443. The van der Waals surface area contributed by atoms with Crippen molar-refractivity contribution in [3.63, 3.8) is 0 Å². The van der Waals surface area contributed by atoms with E-state index in [-0.39, 0.29) is 28.0 Å².